The van der Waals surface area contributed by atoms with E-state index in [1.165, 1.54) is 0 Å². The molecule has 1 amide bonds. The number of hydrogen-bond acceptors (Lipinski definition) is 4. The van der Waals surface area contributed by atoms with Crippen molar-refractivity contribution >= 4 is 11.6 Å². The van der Waals surface area contributed by atoms with Gasteiger partial charge in [-0.2, -0.15) is 0 Å². The number of amides is 1. The summed E-state index contributed by atoms with van der Waals surface area (Å²) in [6.45, 7) is 4.69. The van der Waals surface area contributed by atoms with Crippen molar-refractivity contribution in [1.29, 1.82) is 0 Å². The monoisotopic (exact) mass is 342 g/mol. The normalized spacial score (nSPS) is 11.0. The number of methoxy groups -OCH3 is 2. The second-order valence-electron chi connectivity index (χ2n) is 6.65. The van der Waals surface area contributed by atoms with Gasteiger partial charge in [0, 0.05) is 17.6 Å². The van der Waals surface area contributed by atoms with Gasteiger partial charge >= 0.3 is 0 Å². The van der Waals surface area contributed by atoms with Crippen LogP contribution in [-0.2, 0) is 16.6 Å². The first-order chi connectivity index (χ1) is 11.9. The number of ether oxygens (including phenoxy) is 2. The van der Waals surface area contributed by atoms with Crippen LogP contribution in [0.4, 0.5) is 5.69 Å². The Bertz CT molecular complexity index is 724. The minimum absolute atomic E-state index is 0.0154. The molecular formula is C20H26N2O3. The average Bonchev–Trinajstić information content (AvgIpc) is 2.61. The van der Waals surface area contributed by atoms with Gasteiger partial charge in [0.05, 0.1) is 20.6 Å². The highest BCUT2D eigenvalue weighted by Crippen LogP contribution is 2.32. The average molecular weight is 342 g/mol. The second kappa shape index (κ2) is 7.92. The first-order valence-electron chi connectivity index (χ1n) is 8.19. The number of carbonyl (C=O) groups excluding carboxylic acids is 1. The van der Waals surface area contributed by atoms with Gasteiger partial charge in [0.25, 0.3) is 0 Å². The molecule has 2 aromatic carbocycles. The third-order valence-corrected chi connectivity index (χ3v) is 4.24. The molecule has 0 aliphatic heterocycles. The molecule has 0 radical (unpaired) electrons. The van der Waals surface area contributed by atoms with Gasteiger partial charge < -0.3 is 20.5 Å². The lowest BCUT2D eigenvalue weighted by Crippen LogP contribution is -2.37. The third-order valence-electron chi connectivity index (χ3n) is 4.24. The van der Waals surface area contributed by atoms with E-state index in [0.29, 0.717) is 30.2 Å². The molecule has 0 heterocycles. The largest absolute Gasteiger partial charge is 0.493 e. The number of anilines is 1. The summed E-state index contributed by atoms with van der Waals surface area (Å²) in [5.74, 6) is 1.36. The summed E-state index contributed by atoms with van der Waals surface area (Å²) in [7, 11) is 3.23. The Morgan fingerprint density at radius 1 is 1.04 bits per heavy atom. The van der Waals surface area contributed by atoms with Crippen molar-refractivity contribution in [2.45, 2.75) is 25.7 Å². The van der Waals surface area contributed by atoms with Gasteiger partial charge in [-0.25, -0.2) is 0 Å². The highest BCUT2D eigenvalue weighted by molar-refractivity contribution is 5.78. The van der Waals surface area contributed by atoms with Crippen LogP contribution in [0.15, 0.2) is 42.5 Å². The van der Waals surface area contributed by atoms with E-state index in [0.717, 1.165) is 11.1 Å². The summed E-state index contributed by atoms with van der Waals surface area (Å²) in [6.07, 6.45) is 0.336. The zero-order valence-corrected chi connectivity index (χ0v) is 15.3. The van der Waals surface area contributed by atoms with Crippen molar-refractivity contribution in [3.63, 3.8) is 0 Å². The van der Waals surface area contributed by atoms with Crippen molar-refractivity contribution in [3.8, 4) is 11.5 Å². The minimum atomic E-state index is -0.240. The van der Waals surface area contributed by atoms with Gasteiger partial charge in [0.15, 0.2) is 11.5 Å². The lowest BCUT2D eigenvalue weighted by Gasteiger charge is -2.26. The van der Waals surface area contributed by atoms with E-state index in [9.17, 15) is 4.79 Å². The van der Waals surface area contributed by atoms with Crippen molar-refractivity contribution in [2.24, 2.45) is 0 Å². The van der Waals surface area contributed by atoms with E-state index in [2.05, 4.69) is 19.2 Å². The van der Waals surface area contributed by atoms with Crippen LogP contribution < -0.4 is 20.5 Å². The van der Waals surface area contributed by atoms with Crippen molar-refractivity contribution in [3.05, 3.63) is 53.6 Å². The molecule has 0 saturated heterocycles. The van der Waals surface area contributed by atoms with Crippen LogP contribution >= 0.6 is 0 Å². The van der Waals surface area contributed by atoms with Gasteiger partial charge in [-0.05, 0) is 35.4 Å². The van der Waals surface area contributed by atoms with E-state index in [1.54, 1.807) is 26.4 Å². The fourth-order valence-electron chi connectivity index (χ4n) is 2.56. The molecule has 3 N–H and O–H groups in total. The molecule has 0 fully saturated rings. The Balaban J connectivity index is 2.00. The first kappa shape index (κ1) is 18.6. The molecule has 0 aromatic heterocycles. The zero-order valence-electron chi connectivity index (χ0n) is 15.3. The fraction of sp³-hybridized carbons (Fsp3) is 0.350. The molecule has 0 spiro atoms. The molecule has 25 heavy (non-hydrogen) atoms. The number of rotatable bonds is 7. The van der Waals surface area contributed by atoms with Crippen LogP contribution in [0.5, 0.6) is 11.5 Å². The summed E-state index contributed by atoms with van der Waals surface area (Å²) < 4.78 is 10.6. The SMILES string of the molecule is COc1ccc(C(C)(C)CNC(=O)Cc2ccc(N)cc2)cc1OC. The number of nitrogens with two attached hydrogens (primary N) is 1. The Morgan fingerprint density at radius 2 is 1.68 bits per heavy atom. The van der Waals surface area contributed by atoms with E-state index < -0.39 is 0 Å². The summed E-state index contributed by atoms with van der Waals surface area (Å²) in [5.41, 5.74) is 8.12. The zero-order chi connectivity index (χ0) is 18.4. The van der Waals surface area contributed by atoms with Crippen molar-refractivity contribution in [1.82, 2.24) is 5.32 Å². The molecule has 5 heteroatoms. The van der Waals surface area contributed by atoms with Crippen LogP contribution in [0, 0.1) is 0 Å². The fourth-order valence-corrected chi connectivity index (χ4v) is 2.56. The quantitative estimate of drug-likeness (QED) is 0.759. The Morgan fingerprint density at radius 3 is 2.28 bits per heavy atom. The molecule has 0 atom stereocenters. The molecule has 0 aliphatic carbocycles. The van der Waals surface area contributed by atoms with Gasteiger partial charge in [0.1, 0.15) is 0 Å². The molecule has 134 valence electrons. The van der Waals surface area contributed by atoms with Crippen LogP contribution in [-0.4, -0.2) is 26.7 Å². The van der Waals surface area contributed by atoms with Gasteiger partial charge in [-0.15, -0.1) is 0 Å². The van der Waals surface area contributed by atoms with Crippen LogP contribution in [0.3, 0.4) is 0 Å². The number of hydrogen-bond donors (Lipinski definition) is 2. The molecule has 5 nitrogen and oxygen atoms in total. The lowest BCUT2D eigenvalue weighted by atomic mass is 9.84. The number of carbonyl (C=O) groups is 1. The number of nitrogens with one attached hydrogen (secondary N) is 1. The predicted octanol–water partition coefficient (Wildman–Crippen LogP) is 2.92. The molecule has 0 unspecified atom stereocenters. The highest BCUT2D eigenvalue weighted by Gasteiger charge is 2.23. The van der Waals surface area contributed by atoms with Gasteiger partial charge in [-0.1, -0.05) is 32.0 Å². The Hall–Kier alpha value is -2.69. The van der Waals surface area contributed by atoms with Crippen molar-refractivity contribution in [2.75, 3.05) is 26.5 Å². The number of benzene rings is 2. The third kappa shape index (κ3) is 4.89. The second-order valence-corrected chi connectivity index (χ2v) is 6.65. The summed E-state index contributed by atoms with van der Waals surface area (Å²) >= 11 is 0. The van der Waals surface area contributed by atoms with Gasteiger partial charge in [0.2, 0.25) is 5.91 Å². The van der Waals surface area contributed by atoms with E-state index in [-0.39, 0.29) is 11.3 Å². The summed E-state index contributed by atoms with van der Waals surface area (Å²) in [6, 6.07) is 13.2. The molecule has 0 aliphatic rings. The van der Waals surface area contributed by atoms with Crippen LogP contribution in [0.2, 0.25) is 0 Å². The van der Waals surface area contributed by atoms with E-state index >= 15 is 0 Å². The molecule has 0 saturated carbocycles. The maximum atomic E-state index is 12.2. The highest BCUT2D eigenvalue weighted by atomic mass is 16.5. The van der Waals surface area contributed by atoms with E-state index in [4.69, 9.17) is 15.2 Å². The van der Waals surface area contributed by atoms with Gasteiger partial charge in [-0.3, -0.25) is 4.79 Å². The first-order valence-corrected chi connectivity index (χ1v) is 8.19. The molecular weight excluding hydrogens is 316 g/mol. The molecule has 2 rings (SSSR count). The van der Waals surface area contributed by atoms with Crippen LogP contribution in [0.1, 0.15) is 25.0 Å². The smallest absolute Gasteiger partial charge is 0.224 e. The standard InChI is InChI=1S/C20H26N2O3/c1-20(2,15-7-10-17(24-3)18(12-15)25-4)13-22-19(23)11-14-5-8-16(21)9-6-14/h5-10,12H,11,13,21H2,1-4H3,(H,22,23). The maximum absolute atomic E-state index is 12.2. The molecule has 2 aromatic rings. The maximum Gasteiger partial charge on any atom is 0.224 e. The molecule has 0 bridgehead atoms. The Labute approximate surface area is 149 Å². The van der Waals surface area contributed by atoms with E-state index in [1.807, 2.05) is 30.3 Å². The van der Waals surface area contributed by atoms with Crippen molar-refractivity contribution < 1.29 is 14.3 Å². The lowest BCUT2D eigenvalue weighted by molar-refractivity contribution is -0.120. The topological polar surface area (TPSA) is 73.6 Å². The summed E-state index contributed by atoms with van der Waals surface area (Å²) in [4.78, 5) is 12.2. The predicted molar refractivity (Wildman–Crippen MR) is 100 cm³/mol. The number of nitrogen functional groups attached to an aromatic ring is 1. The van der Waals surface area contributed by atoms with Crippen LogP contribution in [0.25, 0.3) is 0 Å². The Kier molecular flexibility index (Phi) is 5.91. The minimum Gasteiger partial charge on any atom is -0.493 e. The summed E-state index contributed by atoms with van der Waals surface area (Å²) in [5, 5.41) is 3.01.